The van der Waals surface area contributed by atoms with Gasteiger partial charge in [-0.3, -0.25) is 0 Å². The topological polar surface area (TPSA) is 26.0 Å². The number of rotatable bonds is 2. The van der Waals surface area contributed by atoms with Crippen molar-refractivity contribution in [1.82, 2.24) is 0 Å². The molecular formula is C11H12F3N. The molecule has 0 radical (unpaired) electrons. The third kappa shape index (κ3) is 2.15. The molecule has 0 spiro atoms. The van der Waals surface area contributed by atoms with Crippen molar-refractivity contribution in [3.05, 3.63) is 35.4 Å². The van der Waals surface area contributed by atoms with Crippen molar-refractivity contribution >= 4 is 0 Å². The molecule has 1 fully saturated rings. The van der Waals surface area contributed by atoms with E-state index in [4.69, 9.17) is 5.73 Å². The molecule has 15 heavy (non-hydrogen) atoms. The molecule has 0 amide bonds. The molecule has 1 aliphatic carbocycles. The zero-order valence-corrected chi connectivity index (χ0v) is 8.09. The fourth-order valence-corrected chi connectivity index (χ4v) is 1.74. The average Bonchev–Trinajstić information content (AvgIpc) is 2.98. The highest BCUT2D eigenvalue weighted by Gasteiger charge is 2.40. The first-order valence-electron chi connectivity index (χ1n) is 4.91. The van der Waals surface area contributed by atoms with Gasteiger partial charge in [-0.2, -0.15) is 13.2 Å². The summed E-state index contributed by atoms with van der Waals surface area (Å²) in [4.78, 5) is 0. The van der Waals surface area contributed by atoms with Gasteiger partial charge in [-0.1, -0.05) is 24.3 Å². The van der Waals surface area contributed by atoms with Crippen LogP contribution in [0.1, 0.15) is 35.9 Å². The minimum atomic E-state index is -4.36. The van der Waals surface area contributed by atoms with Crippen LogP contribution < -0.4 is 5.73 Å². The third-order valence-corrected chi connectivity index (χ3v) is 2.70. The molecule has 1 aliphatic rings. The third-order valence-electron chi connectivity index (χ3n) is 2.70. The Hall–Kier alpha value is -1.03. The fraction of sp³-hybridized carbons (Fsp3) is 0.455. The largest absolute Gasteiger partial charge is 0.407 e. The maximum absolute atomic E-state index is 12.5. The molecule has 2 rings (SSSR count). The predicted octanol–water partition coefficient (Wildman–Crippen LogP) is 3.13. The Bertz CT molecular complexity index is 355. The second-order valence-corrected chi connectivity index (χ2v) is 3.92. The van der Waals surface area contributed by atoms with E-state index in [2.05, 4.69) is 0 Å². The molecule has 0 saturated heterocycles. The molecule has 1 unspecified atom stereocenters. The quantitative estimate of drug-likeness (QED) is 0.805. The zero-order chi connectivity index (χ0) is 11.1. The van der Waals surface area contributed by atoms with Gasteiger partial charge < -0.3 is 5.73 Å². The van der Waals surface area contributed by atoms with E-state index < -0.39 is 12.2 Å². The first-order valence-corrected chi connectivity index (χ1v) is 4.91. The van der Waals surface area contributed by atoms with E-state index >= 15 is 0 Å². The van der Waals surface area contributed by atoms with Gasteiger partial charge in [0.2, 0.25) is 0 Å². The minimum absolute atomic E-state index is 0.229. The van der Waals surface area contributed by atoms with Crippen molar-refractivity contribution in [2.45, 2.75) is 31.0 Å². The molecule has 82 valence electrons. The molecule has 1 aromatic carbocycles. The Morgan fingerprint density at radius 2 is 1.80 bits per heavy atom. The molecular weight excluding hydrogens is 203 g/mol. The number of halogens is 3. The molecule has 0 aromatic heterocycles. The number of alkyl halides is 3. The van der Waals surface area contributed by atoms with E-state index in [0.29, 0.717) is 0 Å². The Kier molecular flexibility index (Phi) is 2.46. The van der Waals surface area contributed by atoms with Crippen molar-refractivity contribution in [2.75, 3.05) is 0 Å². The van der Waals surface area contributed by atoms with Crippen LogP contribution in [0.5, 0.6) is 0 Å². The highest BCUT2D eigenvalue weighted by atomic mass is 19.4. The number of hydrogen-bond donors (Lipinski definition) is 1. The van der Waals surface area contributed by atoms with Crippen LogP contribution in [0.2, 0.25) is 0 Å². The molecule has 0 bridgehead atoms. The lowest BCUT2D eigenvalue weighted by Crippen LogP contribution is -2.29. The maximum atomic E-state index is 12.5. The Morgan fingerprint density at radius 1 is 1.20 bits per heavy atom. The van der Waals surface area contributed by atoms with Crippen LogP contribution in [0, 0.1) is 0 Å². The number of benzene rings is 1. The Labute approximate surface area is 86.1 Å². The van der Waals surface area contributed by atoms with Gasteiger partial charge in [-0.25, -0.2) is 0 Å². The first kappa shape index (κ1) is 10.5. The highest BCUT2D eigenvalue weighted by Crippen LogP contribution is 2.44. The van der Waals surface area contributed by atoms with Gasteiger partial charge in [-0.05, 0) is 29.9 Å². The van der Waals surface area contributed by atoms with E-state index in [1.54, 1.807) is 18.2 Å². The van der Waals surface area contributed by atoms with E-state index in [9.17, 15) is 13.2 Å². The van der Waals surface area contributed by atoms with E-state index in [0.717, 1.165) is 18.4 Å². The van der Waals surface area contributed by atoms with Crippen LogP contribution in [0.25, 0.3) is 0 Å². The van der Waals surface area contributed by atoms with Gasteiger partial charge in [0.05, 0.1) is 0 Å². The lowest BCUT2D eigenvalue weighted by Gasteiger charge is -2.19. The summed E-state index contributed by atoms with van der Waals surface area (Å²) in [6, 6.07) is 4.74. The highest BCUT2D eigenvalue weighted by molar-refractivity contribution is 5.36. The summed E-state index contributed by atoms with van der Waals surface area (Å²) < 4.78 is 37.4. The van der Waals surface area contributed by atoms with Crippen molar-refractivity contribution in [3.63, 3.8) is 0 Å². The van der Waals surface area contributed by atoms with Crippen molar-refractivity contribution in [3.8, 4) is 0 Å². The van der Waals surface area contributed by atoms with Gasteiger partial charge >= 0.3 is 6.18 Å². The number of nitrogens with two attached hydrogens (primary N) is 1. The van der Waals surface area contributed by atoms with Gasteiger partial charge in [0, 0.05) is 0 Å². The normalized spacial score (nSPS) is 18.9. The summed E-state index contributed by atoms with van der Waals surface area (Å²) in [5.74, 6) is 0.287. The van der Waals surface area contributed by atoms with Gasteiger partial charge in [-0.15, -0.1) is 0 Å². The lowest BCUT2D eigenvalue weighted by atomic mass is 9.97. The summed E-state index contributed by atoms with van der Waals surface area (Å²) in [5.41, 5.74) is 6.21. The van der Waals surface area contributed by atoms with Crippen LogP contribution in [0.15, 0.2) is 24.3 Å². The fourth-order valence-electron chi connectivity index (χ4n) is 1.74. The number of hydrogen-bond acceptors (Lipinski definition) is 1. The molecule has 1 atom stereocenters. The van der Waals surface area contributed by atoms with Gasteiger partial charge in [0.25, 0.3) is 0 Å². The molecule has 0 aliphatic heterocycles. The van der Waals surface area contributed by atoms with Crippen molar-refractivity contribution in [1.29, 1.82) is 0 Å². The summed E-state index contributed by atoms with van der Waals surface area (Å²) in [7, 11) is 0. The average molecular weight is 215 g/mol. The van der Waals surface area contributed by atoms with Gasteiger partial charge in [0.15, 0.2) is 0 Å². The second-order valence-electron chi connectivity index (χ2n) is 3.92. The van der Waals surface area contributed by atoms with E-state index in [-0.39, 0.29) is 11.5 Å². The minimum Gasteiger partial charge on any atom is -0.316 e. The van der Waals surface area contributed by atoms with E-state index in [1.165, 1.54) is 6.07 Å². The van der Waals surface area contributed by atoms with E-state index in [1.807, 2.05) is 0 Å². The molecule has 1 aromatic rings. The van der Waals surface area contributed by atoms with Crippen LogP contribution in [-0.2, 0) is 0 Å². The maximum Gasteiger partial charge on any atom is 0.407 e. The van der Waals surface area contributed by atoms with Crippen molar-refractivity contribution in [2.24, 2.45) is 5.73 Å². The summed E-state index contributed by atoms with van der Waals surface area (Å²) >= 11 is 0. The lowest BCUT2D eigenvalue weighted by molar-refractivity contribution is -0.149. The summed E-state index contributed by atoms with van der Waals surface area (Å²) in [6.07, 6.45) is -2.41. The Balaban J connectivity index is 2.34. The van der Waals surface area contributed by atoms with Crippen LogP contribution in [0.4, 0.5) is 13.2 Å². The predicted molar refractivity (Wildman–Crippen MR) is 51.4 cm³/mol. The molecule has 2 N–H and O–H groups in total. The van der Waals surface area contributed by atoms with Crippen LogP contribution >= 0.6 is 0 Å². The Morgan fingerprint density at radius 3 is 2.33 bits per heavy atom. The molecule has 1 saturated carbocycles. The molecule has 0 heterocycles. The first-order chi connectivity index (χ1) is 7.00. The van der Waals surface area contributed by atoms with Crippen LogP contribution in [0.3, 0.4) is 0 Å². The molecule has 4 heteroatoms. The summed E-state index contributed by atoms with van der Waals surface area (Å²) in [5, 5.41) is 0. The zero-order valence-electron chi connectivity index (χ0n) is 8.09. The van der Waals surface area contributed by atoms with Crippen LogP contribution in [-0.4, -0.2) is 6.18 Å². The SMILES string of the molecule is NC(c1ccccc1C1CC1)C(F)(F)F. The second kappa shape index (κ2) is 3.52. The van der Waals surface area contributed by atoms with Gasteiger partial charge in [0.1, 0.15) is 6.04 Å². The van der Waals surface area contributed by atoms with Crippen molar-refractivity contribution < 1.29 is 13.2 Å². The molecule has 1 nitrogen and oxygen atoms in total. The summed E-state index contributed by atoms with van der Waals surface area (Å²) in [6.45, 7) is 0. The monoisotopic (exact) mass is 215 g/mol. The smallest absolute Gasteiger partial charge is 0.316 e. The standard InChI is InChI=1S/C11H12F3N/c12-11(13,14)10(15)9-4-2-1-3-8(9)7-5-6-7/h1-4,7,10H,5-6,15H2.